The van der Waals surface area contributed by atoms with Crippen LogP contribution in [0, 0.1) is 15.9 Å². The lowest BCUT2D eigenvalue weighted by atomic mass is 10.1. The van der Waals surface area contributed by atoms with E-state index in [1.54, 1.807) is 35.2 Å². The zero-order valence-corrected chi connectivity index (χ0v) is 18.4. The molecule has 1 N–H and O–H groups in total. The molecule has 0 bridgehead atoms. The Hall–Kier alpha value is -4.27. The van der Waals surface area contributed by atoms with Crippen molar-refractivity contribution in [2.45, 2.75) is 32.5 Å². The van der Waals surface area contributed by atoms with Gasteiger partial charge in [-0.25, -0.2) is 4.39 Å². The van der Waals surface area contributed by atoms with Crippen LogP contribution in [0.2, 0.25) is 0 Å². The molecule has 1 atom stereocenters. The highest BCUT2D eigenvalue weighted by Crippen LogP contribution is 2.30. The number of fused-ring (bicyclic) bond motifs is 1. The van der Waals surface area contributed by atoms with Gasteiger partial charge in [0.25, 0.3) is 17.5 Å². The Labute approximate surface area is 195 Å². The Balaban J connectivity index is 1.55. The van der Waals surface area contributed by atoms with Crippen molar-refractivity contribution in [3.05, 3.63) is 99.4 Å². The third-order valence-electron chi connectivity index (χ3n) is 5.53. The van der Waals surface area contributed by atoms with Crippen molar-refractivity contribution in [2.24, 2.45) is 0 Å². The first-order valence-electron chi connectivity index (χ1n) is 10.7. The summed E-state index contributed by atoms with van der Waals surface area (Å²) in [6.07, 6.45) is -0.168. The van der Waals surface area contributed by atoms with Crippen molar-refractivity contribution in [1.82, 2.24) is 4.90 Å². The van der Waals surface area contributed by atoms with Gasteiger partial charge in [0.15, 0.2) is 6.10 Å². The molecule has 0 radical (unpaired) electrons. The first kappa shape index (κ1) is 22.9. The normalized spacial score (nSPS) is 15.2. The van der Waals surface area contributed by atoms with Gasteiger partial charge in [0.1, 0.15) is 11.6 Å². The van der Waals surface area contributed by atoms with Crippen molar-refractivity contribution < 1.29 is 23.6 Å². The maximum absolute atomic E-state index is 13.3. The summed E-state index contributed by atoms with van der Waals surface area (Å²) >= 11 is 0. The van der Waals surface area contributed by atoms with Crippen molar-refractivity contribution in [3.63, 3.8) is 0 Å². The molecular weight excluding hydrogens is 441 g/mol. The average molecular weight is 463 g/mol. The van der Waals surface area contributed by atoms with Gasteiger partial charge in [-0.3, -0.25) is 19.7 Å². The summed E-state index contributed by atoms with van der Waals surface area (Å²) in [6.45, 7) is 2.41. The van der Waals surface area contributed by atoms with Crippen LogP contribution in [0.15, 0.2) is 66.7 Å². The second-order valence-electron chi connectivity index (χ2n) is 7.92. The van der Waals surface area contributed by atoms with Gasteiger partial charge in [-0.2, -0.15) is 0 Å². The first-order chi connectivity index (χ1) is 16.3. The molecule has 0 saturated carbocycles. The predicted octanol–water partition coefficient (Wildman–Crippen LogP) is 4.69. The van der Waals surface area contributed by atoms with E-state index in [1.807, 2.05) is 6.92 Å². The van der Waals surface area contributed by atoms with Gasteiger partial charge in [0.2, 0.25) is 0 Å². The fourth-order valence-electron chi connectivity index (χ4n) is 3.73. The smallest absolute Gasteiger partial charge is 0.269 e. The van der Waals surface area contributed by atoms with Gasteiger partial charge in [-0.05, 0) is 54.4 Å². The number of hydrogen-bond acceptors (Lipinski definition) is 5. The number of rotatable bonds is 6. The van der Waals surface area contributed by atoms with Crippen LogP contribution >= 0.6 is 0 Å². The highest BCUT2D eigenvalue weighted by Gasteiger charge is 2.30. The fourth-order valence-corrected chi connectivity index (χ4v) is 3.73. The number of carbonyl (C=O) groups excluding carboxylic acids is 2. The maximum Gasteiger partial charge on any atom is 0.269 e. The fraction of sp³-hybridized carbons (Fsp3) is 0.200. The molecule has 3 aromatic rings. The third-order valence-corrected chi connectivity index (χ3v) is 5.53. The standard InChI is InChI=1S/C25H22FN3O5/c1-2-22-25(31)28(14-16-3-7-19(26)8-4-16)15-18-13-20(9-12-23(18)34-22)27-24(30)17-5-10-21(11-6-17)29(32)33/h3-13,22H,2,14-15H2,1H3,(H,27,30)/t22-/m0/s1. The molecule has 0 saturated heterocycles. The highest BCUT2D eigenvalue weighted by atomic mass is 19.1. The number of nitro benzene ring substituents is 1. The molecule has 4 rings (SSSR count). The van der Waals surface area contributed by atoms with Crippen molar-refractivity contribution >= 4 is 23.2 Å². The Morgan fingerprint density at radius 3 is 2.50 bits per heavy atom. The molecule has 1 aliphatic rings. The van der Waals surface area contributed by atoms with Crippen LogP contribution in [0.1, 0.15) is 34.8 Å². The Bertz CT molecular complexity index is 1230. The molecule has 2 amide bonds. The zero-order chi connectivity index (χ0) is 24.2. The number of anilines is 1. The van der Waals surface area contributed by atoms with E-state index in [0.717, 1.165) is 5.56 Å². The lowest BCUT2D eigenvalue weighted by Gasteiger charge is -2.23. The summed E-state index contributed by atoms with van der Waals surface area (Å²) in [4.78, 5) is 37.6. The molecular formula is C25H22FN3O5. The summed E-state index contributed by atoms with van der Waals surface area (Å²) in [5, 5.41) is 13.6. The number of carbonyl (C=O) groups is 2. The van der Waals surface area contributed by atoms with Crippen LogP contribution in [0.25, 0.3) is 0 Å². The monoisotopic (exact) mass is 463 g/mol. The Morgan fingerprint density at radius 1 is 1.15 bits per heavy atom. The quantitative estimate of drug-likeness (QED) is 0.422. The van der Waals surface area contributed by atoms with Crippen molar-refractivity contribution in [1.29, 1.82) is 0 Å². The molecule has 1 heterocycles. The first-order valence-corrected chi connectivity index (χ1v) is 10.7. The Kier molecular flexibility index (Phi) is 6.53. The topological polar surface area (TPSA) is 102 Å². The number of amides is 2. The van der Waals surface area contributed by atoms with E-state index in [-0.39, 0.29) is 36.1 Å². The minimum Gasteiger partial charge on any atom is -0.480 e. The number of benzene rings is 3. The molecule has 1 aliphatic heterocycles. The molecule has 3 aromatic carbocycles. The third kappa shape index (κ3) is 5.03. The average Bonchev–Trinajstić information content (AvgIpc) is 2.96. The molecule has 0 aromatic heterocycles. The summed E-state index contributed by atoms with van der Waals surface area (Å²) in [5.74, 6) is -0.385. The summed E-state index contributed by atoms with van der Waals surface area (Å²) in [5.41, 5.74) is 2.17. The number of hydrogen-bond donors (Lipinski definition) is 1. The van der Waals surface area contributed by atoms with Crippen LogP contribution in [0.3, 0.4) is 0 Å². The largest absolute Gasteiger partial charge is 0.480 e. The Morgan fingerprint density at radius 2 is 1.85 bits per heavy atom. The van der Waals surface area contributed by atoms with Gasteiger partial charge in [0, 0.05) is 42.0 Å². The number of halogens is 1. The highest BCUT2D eigenvalue weighted by molar-refractivity contribution is 6.04. The molecule has 0 spiro atoms. The number of nitro groups is 1. The molecule has 0 aliphatic carbocycles. The predicted molar refractivity (Wildman–Crippen MR) is 123 cm³/mol. The number of ether oxygens (including phenoxy) is 1. The number of non-ortho nitro benzene ring substituents is 1. The molecule has 0 unspecified atom stereocenters. The van der Waals surface area contributed by atoms with E-state index in [4.69, 9.17) is 4.74 Å². The van der Waals surface area contributed by atoms with Gasteiger partial charge < -0.3 is 15.0 Å². The van der Waals surface area contributed by atoms with Crippen LogP contribution in [0.5, 0.6) is 5.75 Å². The van der Waals surface area contributed by atoms with Crippen molar-refractivity contribution in [3.8, 4) is 5.75 Å². The molecule has 9 heteroatoms. The van der Waals surface area contributed by atoms with Crippen molar-refractivity contribution in [2.75, 3.05) is 5.32 Å². The van der Waals surface area contributed by atoms with E-state index >= 15 is 0 Å². The number of nitrogens with zero attached hydrogens (tertiary/aromatic N) is 2. The SMILES string of the molecule is CC[C@@H]1Oc2ccc(NC(=O)c3ccc([N+](=O)[O-])cc3)cc2CN(Cc2ccc(F)cc2)C1=O. The molecule has 174 valence electrons. The van der Waals surface area contributed by atoms with Gasteiger partial charge >= 0.3 is 0 Å². The lowest BCUT2D eigenvalue weighted by Crippen LogP contribution is -2.38. The van der Waals surface area contributed by atoms with Gasteiger partial charge in [-0.15, -0.1) is 0 Å². The molecule has 0 fully saturated rings. The van der Waals surface area contributed by atoms with E-state index in [9.17, 15) is 24.1 Å². The summed E-state index contributed by atoms with van der Waals surface area (Å²) in [7, 11) is 0. The molecule has 34 heavy (non-hydrogen) atoms. The van der Waals surface area contributed by atoms with Crippen LogP contribution < -0.4 is 10.1 Å². The van der Waals surface area contributed by atoms with E-state index in [1.165, 1.54) is 36.4 Å². The van der Waals surface area contributed by atoms with E-state index in [0.29, 0.717) is 23.4 Å². The van der Waals surface area contributed by atoms with E-state index in [2.05, 4.69) is 5.32 Å². The van der Waals surface area contributed by atoms with Gasteiger partial charge in [0.05, 0.1) is 4.92 Å². The maximum atomic E-state index is 13.3. The minimum absolute atomic E-state index is 0.102. The van der Waals surface area contributed by atoms with Crippen LogP contribution in [-0.2, 0) is 17.9 Å². The lowest BCUT2D eigenvalue weighted by molar-refractivity contribution is -0.384. The summed E-state index contributed by atoms with van der Waals surface area (Å²) < 4.78 is 19.2. The minimum atomic E-state index is -0.651. The number of nitrogens with one attached hydrogen (secondary N) is 1. The van der Waals surface area contributed by atoms with Crippen LogP contribution in [0.4, 0.5) is 15.8 Å². The van der Waals surface area contributed by atoms with Crippen LogP contribution in [-0.4, -0.2) is 27.7 Å². The van der Waals surface area contributed by atoms with E-state index < -0.39 is 16.9 Å². The second kappa shape index (κ2) is 9.70. The molecule has 8 nitrogen and oxygen atoms in total. The summed E-state index contributed by atoms with van der Waals surface area (Å²) in [6, 6.07) is 16.4. The zero-order valence-electron chi connectivity index (χ0n) is 18.4. The second-order valence-corrected chi connectivity index (χ2v) is 7.92. The van der Waals surface area contributed by atoms with Gasteiger partial charge in [-0.1, -0.05) is 19.1 Å².